The molecule has 0 radical (unpaired) electrons. The Morgan fingerprint density at radius 1 is 1.21 bits per heavy atom. The standard InChI is InChI=1S/C16H22N2S/c1-6-13(4)18-14(5)10-19-16(18)17-15-11(2)8-7-9-12(15)3/h7-10,13H,6H2,1-5H3. The maximum Gasteiger partial charge on any atom is 0.190 e. The largest absolute Gasteiger partial charge is 0.318 e. The molecule has 0 aliphatic carbocycles. The van der Waals surface area contributed by atoms with Gasteiger partial charge in [-0.25, -0.2) is 4.99 Å². The molecule has 0 amide bonds. The average Bonchev–Trinajstić information content (AvgIpc) is 2.74. The van der Waals surface area contributed by atoms with E-state index >= 15 is 0 Å². The molecule has 0 aliphatic rings. The first-order valence-corrected chi connectivity index (χ1v) is 7.70. The lowest BCUT2D eigenvalue weighted by atomic mass is 10.1. The molecule has 0 saturated heterocycles. The summed E-state index contributed by atoms with van der Waals surface area (Å²) in [4.78, 5) is 6.01. The predicted octanol–water partition coefficient (Wildman–Crippen LogP) is 4.68. The lowest BCUT2D eigenvalue weighted by Crippen LogP contribution is -2.19. The monoisotopic (exact) mass is 274 g/mol. The fourth-order valence-corrected chi connectivity index (χ4v) is 3.25. The third-order valence-corrected chi connectivity index (χ3v) is 4.56. The van der Waals surface area contributed by atoms with Gasteiger partial charge in [0.25, 0.3) is 0 Å². The van der Waals surface area contributed by atoms with E-state index in [1.54, 1.807) is 11.3 Å². The van der Waals surface area contributed by atoms with Crippen molar-refractivity contribution >= 4 is 17.0 Å². The smallest absolute Gasteiger partial charge is 0.190 e. The van der Waals surface area contributed by atoms with Gasteiger partial charge in [0.2, 0.25) is 0 Å². The van der Waals surface area contributed by atoms with E-state index in [-0.39, 0.29) is 0 Å². The first-order valence-electron chi connectivity index (χ1n) is 6.82. The molecule has 1 aromatic carbocycles. The number of rotatable bonds is 3. The SMILES string of the molecule is CCC(C)n1c(C)csc1=Nc1c(C)cccc1C. The van der Waals surface area contributed by atoms with Gasteiger partial charge in [-0.05, 0) is 45.2 Å². The maximum absolute atomic E-state index is 4.91. The molecule has 3 heteroatoms. The summed E-state index contributed by atoms with van der Waals surface area (Å²) < 4.78 is 2.34. The van der Waals surface area contributed by atoms with E-state index in [4.69, 9.17) is 4.99 Å². The molecule has 0 saturated carbocycles. The minimum absolute atomic E-state index is 0.495. The lowest BCUT2D eigenvalue weighted by molar-refractivity contribution is 0.508. The molecule has 0 spiro atoms. The van der Waals surface area contributed by atoms with Crippen LogP contribution in [0.2, 0.25) is 0 Å². The molecule has 0 fully saturated rings. The molecule has 2 nitrogen and oxygen atoms in total. The zero-order chi connectivity index (χ0) is 14.0. The minimum atomic E-state index is 0.495. The molecular formula is C16H22N2S. The van der Waals surface area contributed by atoms with E-state index < -0.39 is 0 Å². The number of thiazole rings is 1. The van der Waals surface area contributed by atoms with Crippen molar-refractivity contribution in [2.75, 3.05) is 0 Å². The number of para-hydroxylation sites is 1. The summed E-state index contributed by atoms with van der Waals surface area (Å²) in [6.07, 6.45) is 1.12. The van der Waals surface area contributed by atoms with Crippen LogP contribution in [0.4, 0.5) is 5.69 Å². The van der Waals surface area contributed by atoms with Crippen molar-refractivity contribution in [2.45, 2.75) is 47.1 Å². The van der Waals surface area contributed by atoms with Crippen molar-refractivity contribution in [3.63, 3.8) is 0 Å². The molecule has 1 aromatic heterocycles. The highest BCUT2D eigenvalue weighted by atomic mass is 32.1. The van der Waals surface area contributed by atoms with Gasteiger partial charge in [-0.1, -0.05) is 25.1 Å². The molecule has 1 unspecified atom stereocenters. The average molecular weight is 274 g/mol. The second-order valence-corrected chi connectivity index (χ2v) is 5.98. The Kier molecular flexibility index (Phi) is 4.25. The highest BCUT2D eigenvalue weighted by Crippen LogP contribution is 2.23. The quantitative estimate of drug-likeness (QED) is 0.773. The van der Waals surface area contributed by atoms with E-state index in [9.17, 15) is 0 Å². The summed E-state index contributed by atoms with van der Waals surface area (Å²) in [5.41, 5.74) is 4.88. The van der Waals surface area contributed by atoms with Crippen molar-refractivity contribution < 1.29 is 0 Å². The van der Waals surface area contributed by atoms with Gasteiger partial charge in [-0.2, -0.15) is 0 Å². The van der Waals surface area contributed by atoms with Crippen LogP contribution in [-0.4, -0.2) is 4.57 Å². The Morgan fingerprint density at radius 2 is 1.84 bits per heavy atom. The Labute approximate surface area is 119 Å². The Hall–Kier alpha value is -1.35. The fraction of sp³-hybridized carbons (Fsp3) is 0.438. The van der Waals surface area contributed by atoms with Crippen LogP contribution in [-0.2, 0) is 0 Å². The highest BCUT2D eigenvalue weighted by Gasteiger charge is 2.08. The van der Waals surface area contributed by atoms with Crippen LogP contribution in [0.1, 0.15) is 43.1 Å². The van der Waals surface area contributed by atoms with Crippen molar-refractivity contribution in [1.82, 2.24) is 4.57 Å². The van der Waals surface area contributed by atoms with Crippen LogP contribution >= 0.6 is 11.3 Å². The van der Waals surface area contributed by atoms with Crippen LogP contribution in [0.5, 0.6) is 0 Å². The fourth-order valence-electron chi connectivity index (χ4n) is 2.28. The summed E-state index contributed by atoms with van der Waals surface area (Å²) in [5.74, 6) is 0. The van der Waals surface area contributed by atoms with Gasteiger partial charge in [0.15, 0.2) is 4.80 Å². The first kappa shape index (κ1) is 14.1. The molecule has 0 bridgehead atoms. The molecule has 1 atom stereocenters. The molecule has 102 valence electrons. The lowest BCUT2D eigenvalue weighted by Gasteiger charge is -2.13. The van der Waals surface area contributed by atoms with Crippen LogP contribution in [0.3, 0.4) is 0 Å². The summed E-state index contributed by atoms with van der Waals surface area (Å²) in [6, 6.07) is 6.83. The first-order chi connectivity index (χ1) is 9.04. The second kappa shape index (κ2) is 5.74. The van der Waals surface area contributed by atoms with Gasteiger partial charge in [0.05, 0.1) is 5.69 Å². The Bertz CT molecular complexity index is 614. The van der Waals surface area contributed by atoms with Gasteiger partial charge >= 0.3 is 0 Å². The molecule has 1 heterocycles. The molecule has 0 N–H and O–H groups in total. The van der Waals surface area contributed by atoms with Crippen LogP contribution in [0.15, 0.2) is 28.6 Å². The van der Waals surface area contributed by atoms with Crippen LogP contribution < -0.4 is 4.80 Å². The van der Waals surface area contributed by atoms with E-state index in [2.05, 4.69) is 62.8 Å². The zero-order valence-corrected chi connectivity index (χ0v) is 13.2. The van der Waals surface area contributed by atoms with Gasteiger partial charge < -0.3 is 4.57 Å². The van der Waals surface area contributed by atoms with E-state index in [0.29, 0.717) is 6.04 Å². The Balaban J connectivity index is 2.62. The number of hydrogen-bond acceptors (Lipinski definition) is 2. The number of hydrogen-bond donors (Lipinski definition) is 0. The molecular weight excluding hydrogens is 252 g/mol. The van der Waals surface area contributed by atoms with Gasteiger partial charge in [0.1, 0.15) is 0 Å². The highest BCUT2D eigenvalue weighted by molar-refractivity contribution is 7.07. The summed E-state index contributed by atoms with van der Waals surface area (Å²) in [6.45, 7) is 10.9. The van der Waals surface area contributed by atoms with Gasteiger partial charge in [-0.15, -0.1) is 11.3 Å². The Morgan fingerprint density at radius 3 is 2.42 bits per heavy atom. The second-order valence-electron chi connectivity index (χ2n) is 5.14. The minimum Gasteiger partial charge on any atom is -0.318 e. The summed E-state index contributed by atoms with van der Waals surface area (Å²) in [5, 5.41) is 2.19. The normalized spacial score (nSPS) is 13.8. The van der Waals surface area contributed by atoms with Crippen LogP contribution in [0, 0.1) is 20.8 Å². The number of aromatic nitrogens is 1. The van der Waals surface area contributed by atoms with E-state index in [0.717, 1.165) is 16.9 Å². The molecule has 19 heavy (non-hydrogen) atoms. The number of aryl methyl sites for hydroxylation is 3. The van der Waals surface area contributed by atoms with Crippen molar-refractivity contribution in [3.8, 4) is 0 Å². The predicted molar refractivity (Wildman–Crippen MR) is 83.2 cm³/mol. The zero-order valence-electron chi connectivity index (χ0n) is 12.4. The van der Waals surface area contributed by atoms with Crippen molar-refractivity contribution in [3.05, 3.63) is 45.2 Å². The van der Waals surface area contributed by atoms with Gasteiger partial charge in [0, 0.05) is 17.1 Å². The maximum atomic E-state index is 4.91. The topological polar surface area (TPSA) is 17.3 Å². The third-order valence-electron chi connectivity index (χ3n) is 3.60. The van der Waals surface area contributed by atoms with Crippen LogP contribution in [0.25, 0.3) is 0 Å². The van der Waals surface area contributed by atoms with Gasteiger partial charge in [-0.3, -0.25) is 0 Å². The van der Waals surface area contributed by atoms with E-state index in [1.807, 2.05) is 0 Å². The summed E-state index contributed by atoms with van der Waals surface area (Å²) >= 11 is 1.73. The molecule has 2 rings (SSSR count). The molecule has 0 aliphatic heterocycles. The summed E-state index contributed by atoms with van der Waals surface area (Å²) in [7, 11) is 0. The molecule has 2 aromatic rings. The third kappa shape index (κ3) is 2.81. The van der Waals surface area contributed by atoms with Crippen molar-refractivity contribution in [1.29, 1.82) is 0 Å². The number of nitrogens with zero attached hydrogens (tertiary/aromatic N) is 2. The number of benzene rings is 1. The van der Waals surface area contributed by atoms with Crippen molar-refractivity contribution in [2.24, 2.45) is 4.99 Å². The van der Waals surface area contributed by atoms with E-state index in [1.165, 1.54) is 16.8 Å².